The molecule has 0 atom stereocenters. The molecule has 4 nitrogen and oxygen atoms in total. The number of fused-ring (bicyclic) bond motifs is 1. The molecule has 0 saturated heterocycles. The summed E-state index contributed by atoms with van der Waals surface area (Å²) in [5.41, 5.74) is 3.14. The molecule has 0 radical (unpaired) electrons. The van der Waals surface area contributed by atoms with Crippen molar-refractivity contribution in [2.45, 2.75) is 37.5 Å². The monoisotopic (exact) mass is 465 g/mol. The Kier molecular flexibility index (Phi) is 4.82. The lowest BCUT2D eigenvalue weighted by molar-refractivity contribution is 0.0937. The molecule has 130 valence electrons. The van der Waals surface area contributed by atoms with Gasteiger partial charge in [0.05, 0.1) is 5.52 Å². The molecule has 2 heterocycles. The number of nitrogens with zero attached hydrogens (tertiary/aromatic N) is 1. The molecule has 0 aliphatic heterocycles. The predicted octanol–water partition coefficient (Wildman–Crippen LogP) is 4.86. The molecular weight excluding hydrogens is 445 g/mol. The summed E-state index contributed by atoms with van der Waals surface area (Å²) in [5, 5.41) is 15.8. The second kappa shape index (κ2) is 7.07. The third-order valence-corrected chi connectivity index (χ3v) is 6.82. The predicted molar refractivity (Wildman–Crippen MR) is 110 cm³/mol. The zero-order valence-electron chi connectivity index (χ0n) is 13.8. The third-order valence-electron chi connectivity index (χ3n) is 5.31. The van der Waals surface area contributed by atoms with E-state index in [1.807, 2.05) is 18.2 Å². The van der Waals surface area contributed by atoms with E-state index < -0.39 is 0 Å². The Morgan fingerprint density at radius 1 is 1.28 bits per heavy atom. The van der Waals surface area contributed by atoms with Gasteiger partial charge in [0.2, 0.25) is 0 Å². The number of nitrogens with one attached hydrogen (secondary N) is 2. The molecule has 1 amide bonds. The first kappa shape index (κ1) is 17.0. The number of benzene rings is 1. The second-order valence-electron chi connectivity index (χ2n) is 6.81. The van der Waals surface area contributed by atoms with Crippen LogP contribution in [-0.4, -0.2) is 22.6 Å². The first-order valence-corrected chi connectivity index (χ1v) is 10.6. The van der Waals surface area contributed by atoms with Crippen molar-refractivity contribution >= 4 is 50.7 Å². The van der Waals surface area contributed by atoms with E-state index in [1.54, 1.807) is 11.3 Å². The number of thiophene rings is 1. The van der Waals surface area contributed by atoms with Crippen LogP contribution < -0.4 is 5.32 Å². The minimum Gasteiger partial charge on any atom is -0.351 e. The molecule has 0 bridgehead atoms. The summed E-state index contributed by atoms with van der Waals surface area (Å²) < 4.78 is 0.893. The first-order valence-electron chi connectivity index (χ1n) is 8.62. The third kappa shape index (κ3) is 3.33. The fourth-order valence-corrected chi connectivity index (χ4v) is 5.18. The summed E-state index contributed by atoms with van der Waals surface area (Å²) >= 11 is 3.93. The number of halogens is 1. The Morgan fingerprint density at radius 3 is 2.88 bits per heavy atom. The van der Waals surface area contributed by atoms with Gasteiger partial charge in [0.15, 0.2) is 0 Å². The van der Waals surface area contributed by atoms with Crippen LogP contribution in [0.3, 0.4) is 0 Å². The van der Waals surface area contributed by atoms with Crippen molar-refractivity contribution in [2.24, 2.45) is 0 Å². The molecule has 3 aromatic rings. The molecule has 6 heteroatoms. The van der Waals surface area contributed by atoms with Gasteiger partial charge in [-0.3, -0.25) is 9.89 Å². The number of hydrogen-bond acceptors (Lipinski definition) is 3. The maximum Gasteiger partial charge on any atom is 0.251 e. The molecule has 1 aliphatic carbocycles. The van der Waals surface area contributed by atoms with Crippen LogP contribution in [0.2, 0.25) is 0 Å². The van der Waals surface area contributed by atoms with Crippen LogP contribution in [0.15, 0.2) is 35.0 Å². The van der Waals surface area contributed by atoms with Crippen molar-refractivity contribution in [3.63, 3.8) is 0 Å². The van der Waals surface area contributed by atoms with Crippen LogP contribution in [0.5, 0.6) is 0 Å². The smallest absolute Gasteiger partial charge is 0.251 e. The van der Waals surface area contributed by atoms with Gasteiger partial charge in [-0.05, 0) is 76.0 Å². The topological polar surface area (TPSA) is 57.8 Å². The standard InChI is InChI=1S/C19H20IN3OS/c20-17-15-10-13(4-5-16(15)22-23-17)18(24)21-12-19(7-2-1-3-8-19)14-6-9-25-11-14/h4-6,9-11H,1-3,7-8,12H2,(H,21,24)(H,22,23). The Morgan fingerprint density at radius 2 is 2.12 bits per heavy atom. The molecular formula is C19H20IN3OS. The number of rotatable bonds is 4. The van der Waals surface area contributed by atoms with Crippen molar-refractivity contribution in [2.75, 3.05) is 6.54 Å². The van der Waals surface area contributed by atoms with Crippen LogP contribution in [0, 0.1) is 3.70 Å². The number of carbonyl (C=O) groups excluding carboxylic acids is 1. The largest absolute Gasteiger partial charge is 0.351 e. The zero-order valence-corrected chi connectivity index (χ0v) is 16.8. The molecule has 2 N–H and O–H groups in total. The highest BCUT2D eigenvalue weighted by atomic mass is 127. The SMILES string of the molecule is O=C(NCC1(c2ccsc2)CCCCC1)c1ccc2[nH]nc(I)c2c1. The molecule has 0 spiro atoms. The van der Waals surface area contributed by atoms with E-state index in [1.165, 1.54) is 24.8 Å². The van der Waals surface area contributed by atoms with Crippen LogP contribution in [0.4, 0.5) is 0 Å². The Bertz CT molecular complexity index is 881. The highest BCUT2D eigenvalue weighted by Crippen LogP contribution is 2.40. The van der Waals surface area contributed by atoms with Crippen molar-refractivity contribution in [3.05, 3.63) is 49.9 Å². The summed E-state index contributed by atoms with van der Waals surface area (Å²) in [5.74, 6) is -0.000854. The molecule has 2 aromatic heterocycles. The maximum atomic E-state index is 12.7. The average molecular weight is 465 g/mol. The first-order chi connectivity index (χ1) is 12.2. The lowest BCUT2D eigenvalue weighted by Gasteiger charge is -2.37. The minimum atomic E-state index is -0.000854. The second-order valence-corrected chi connectivity index (χ2v) is 8.61. The zero-order chi connectivity index (χ0) is 17.3. The molecule has 0 unspecified atom stereocenters. The molecule has 1 aliphatic rings. The number of amides is 1. The van der Waals surface area contributed by atoms with Gasteiger partial charge >= 0.3 is 0 Å². The van der Waals surface area contributed by atoms with Gasteiger partial charge in [0.25, 0.3) is 5.91 Å². The van der Waals surface area contributed by atoms with Gasteiger partial charge in [0.1, 0.15) is 3.70 Å². The molecule has 4 rings (SSSR count). The summed E-state index contributed by atoms with van der Waals surface area (Å²) in [6.45, 7) is 0.711. The minimum absolute atomic E-state index is 0.000854. The van der Waals surface area contributed by atoms with Gasteiger partial charge < -0.3 is 5.32 Å². The Balaban J connectivity index is 1.53. The quantitative estimate of drug-likeness (QED) is 0.541. The lowest BCUT2D eigenvalue weighted by Crippen LogP contribution is -2.42. The van der Waals surface area contributed by atoms with Gasteiger partial charge in [-0.15, -0.1) is 0 Å². The van der Waals surface area contributed by atoms with Gasteiger partial charge in [-0.1, -0.05) is 19.3 Å². The summed E-state index contributed by atoms with van der Waals surface area (Å²) in [4.78, 5) is 12.7. The van der Waals surface area contributed by atoms with Crippen molar-refractivity contribution in [1.29, 1.82) is 0 Å². The van der Waals surface area contributed by atoms with E-state index in [2.05, 4.69) is 54.9 Å². The van der Waals surface area contributed by atoms with E-state index in [-0.39, 0.29) is 11.3 Å². The van der Waals surface area contributed by atoms with Gasteiger partial charge in [0, 0.05) is 22.9 Å². The van der Waals surface area contributed by atoms with Crippen molar-refractivity contribution in [1.82, 2.24) is 15.5 Å². The lowest BCUT2D eigenvalue weighted by atomic mass is 9.70. The molecule has 1 saturated carbocycles. The van der Waals surface area contributed by atoms with Gasteiger partial charge in [-0.25, -0.2) is 0 Å². The van der Waals surface area contributed by atoms with Crippen LogP contribution in [0.25, 0.3) is 10.9 Å². The number of aromatic nitrogens is 2. The highest BCUT2D eigenvalue weighted by molar-refractivity contribution is 14.1. The van der Waals surface area contributed by atoms with Crippen molar-refractivity contribution in [3.8, 4) is 0 Å². The normalized spacial score (nSPS) is 16.8. The fraction of sp³-hybridized carbons (Fsp3) is 0.368. The summed E-state index contributed by atoms with van der Waals surface area (Å²) in [6, 6.07) is 7.94. The van der Waals surface area contributed by atoms with E-state index in [4.69, 9.17) is 0 Å². The molecule has 1 fully saturated rings. The van der Waals surface area contributed by atoms with Crippen LogP contribution in [-0.2, 0) is 5.41 Å². The number of carbonyl (C=O) groups is 1. The van der Waals surface area contributed by atoms with E-state index in [9.17, 15) is 4.79 Å². The van der Waals surface area contributed by atoms with Crippen LogP contribution >= 0.6 is 33.9 Å². The number of H-pyrrole nitrogens is 1. The van der Waals surface area contributed by atoms with Crippen molar-refractivity contribution < 1.29 is 4.79 Å². The number of aromatic amines is 1. The molecule has 1 aromatic carbocycles. The maximum absolute atomic E-state index is 12.7. The number of hydrogen-bond donors (Lipinski definition) is 2. The molecule has 25 heavy (non-hydrogen) atoms. The van der Waals surface area contributed by atoms with Crippen LogP contribution in [0.1, 0.15) is 48.0 Å². The fourth-order valence-electron chi connectivity index (χ4n) is 3.84. The van der Waals surface area contributed by atoms with E-state index in [0.29, 0.717) is 12.1 Å². The van der Waals surface area contributed by atoms with Gasteiger partial charge in [-0.2, -0.15) is 16.4 Å². The average Bonchev–Trinajstić information content (AvgIpc) is 3.31. The summed E-state index contributed by atoms with van der Waals surface area (Å²) in [6.07, 6.45) is 6.09. The summed E-state index contributed by atoms with van der Waals surface area (Å²) in [7, 11) is 0. The Labute approximate surface area is 164 Å². The van der Waals surface area contributed by atoms with E-state index >= 15 is 0 Å². The Hall–Kier alpha value is -1.41. The highest BCUT2D eigenvalue weighted by Gasteiger charge is 2.34. The van der Waals surface area contributed by atoms with E-state index in [0.717, 1.165) is 27.4 Å².